The van der Waals surface area contributed by atoms with E-state index in [4.69, 9.17) is 11.5 Å². The number of imide groups is 1. The Labute approximate surface area is 178 Å². The SMILES string of the molecule is C[C@@H]1CCCN1C(=O)N(Cc1ccccc1CCN)C(=O)[C@H](N)Cc1ccccc1. The van der Waals surface area contributed by atoms with Crippen LogP contribution >= 0.6 is 0 Å². The molecule has 2 aromatic carbocycles. The van der Waals surface area contributed by atoms with Gasteiger partial charge >= 0.3 is 6.03 Å². The summed E-state index contributed by atoms with van der Waals surface area (Å²) in [6.45, 7) is 3.41. The predicted octanol–water partition coefficient (Wildman–Crippen LogP) is 2.69. The smallest absolute Gasteiger partial charge is 0.327 e. The van der Waals surface area contributed by atoms with Gasteiger partial charge in [-0.3, -0.25) is 9.69 Å². The van der Waals surface area contributed by atoms with E-state index in [0.717, 1.165) is 29.5 Å². The lowest BCUT2D eigenvalue weighted by atomic mass is 10.0. The summed E-state index contributed by atoms with van der Waals surface area (Å²) in [5.74, 6) is -0.342. The summed E-state index contributed by atoms with van der Waals surface area (Å²) >= 11 is 0. The van der Waals surface area contributed by atoms with Gasteiger partial charge in [0.05, 0.1) is 12.6 Å². The molecule has 1 aliphatic rings. The highest BCUT2D eigenvalue weighted by molar-refractivity contribution is 5.97. The summed E-state index contributed by atoms with van der Waals surface area (Å²) in [6.07, 6.45) is 2.99. The monoisotopic (exact) mass is 408 g/mol. The topological polar surface area (TPSA) is 92.7 Å². The Morgan fingerprint density at radius 2 is 1.77 bits per heavy atom. The molecule has 1 aliphatic heterocycles. The first kappa shape index (κ1) is 22.0. The molecule has 1 saturated heterocycles. The van der Waals surface area contributed by atoms with Crippen molar-refractivity contribution in [2.24, 2.45) is 11.5 Å². The Morgan fingerprint density at radius 1 is 1.10 bits per heavy atom. The Hall–Kier alpha value is -2.70. The van der Waals surface area contributed by atoms with Gasteiger partial charge in [0.25, 0.3) is 0 Å². The molecule has 0 aromatic heterocycles. The predicted molar refractivity (Wildman–Crippen MR) is 119 cm³/mol. The van der Waals surface area contributed by atoms with Gasteiger partial charge < -0.3 is 16.4 Å². The second-order valence-corrected chi connectivity index (χ2v) is 8.00. The molecule has 160 valence electrons. The van der Waals surface area contributed by atoms with Gasteiger partial charge in [0, 0.05) is 12.6 Å². The Kier molecular flexibility index (Phi) is 7.60. The Bertz CT molecular complexity index is 855. The average molecular weight is 409 g/mol. The third-order valence-corrected chi connectivity index (χ3v) is 5.77. The first-order chi connectivity index (χ1) is 14.5. The zero-order chi connectivity index (χ0) is 21.5. The summed E-state index contributed by atoms with van der Waals surface area (Å²) in [7, 11) is 0. The van der Waals surface area contributed by atoms with Gasteiger partial charge in [-0.15, -0.1) is 0 Å². The molecule has 4 N–H and O–H groups in total. The first-order valence-corrected chi connectivity index (χ1v) is 10.7. The molecule has 2 aromatic rings. The molecule has 30 heavy (non-hydrogen) atoms. The second kappa shape index (κ2) is 10.4. The number of carbonyl (C=O) groups is 2. The number of urea groups is 1. The van der Waals surface area contributed by atoms with E-state index < -0.39 is 6.04 Å². The highest BCUT2D eigenvalue weighted by atomic mass is 16.2. The fourth-order valence-corrected chi connectivity index (χ4v) is 4.05. The van der Waals surface area contributed by atoms with E-state index >= 15 is 0 Å². The van der Waals surface area contributed by atoms with E-state index in [1.807, 2.05) is 61.5 Å². The van der Waals surface area contributed by atoms with Gasteiger partial charge in [0.1, 0.15) is 0 Å². The van der Waals surface area contributed by atoms with Crippen LogP contribution in [0.3, 0.4) is 0 Å². The van der Waals surface area contributed by atoms with Gasteiger partial charge in [-0.05, 0) is 55.8 Å². The molecule has 6 nitrogen and oxygen atoms in total. The summed E-state index contributed by atoms with van der Waals surface area (Å²) in [5, 5.41) is 0. The van der Waals surface area contributed by atoms with Crippen LogP contribution in [0.15, 0.2) is 54.6 Å². The molecule has 0 unspecified atom stereocenters. The van der Waals surface area contributed by atoms with Crippen LogP contribution in [0, 0.1) is 0 Å². The van der Waals surface area contributed by atoms with E-state index in [0.29, 0.717) is 25.9 Å². The number of hydrogen-bond acceptors (Lipinski definition) is 4. The summed E-state index contributed by atoms with van der Waals surface area (Å²) in [5.41, 5.74) is 15.0. The van der Waals surface area contributed by atoms with Crippen LogP contribution in [-0.4, -0.2) is 46.9 Å². The van der Waals surface area contributed by atoms with Crippen molar-refractivity contribution in [2.45, 2.75) is 51.2 Å². The lowest BCUT2D eigenvalue weighted by Crippen LogP contribution is -2.52. The highest BCUT2D eigenvalue weighted by Gasteiger charge is 2.34. The number of nitrogens with two attached hydrogens (primary N) is 2. The average Bonchev–Trinajstić information content (AvgIpc) is 3.19. The molecule has 0 bridgehead atoms. The van der Waals surface area contributed by atoms with Crippen LogP contribution in [0.4, 0.5) is 4.79 Å². The number of hydrogen-bond donors (Lipinski definition) is 2. The molecule has 6 heteroatoms. The molecule has 3 amide bonds. The normalized spacial score (nSPS) is 17.0. The maximum absolute atomic E-state index is 13.4. The van der Waals surface area contributed by atoms with Crippen molar-refractivity contribution >= 4 is 11.9 Å². The van der Waals surface area contributed by atoms with E-state index in [-0.39, 0.29) is 24.5 Å². The fourth-order valence-electron chi connectivity index (χ4n) is 4.05. The quantitative estimate of drug-likeness (QED) is 0.737. The number of amides is 3. The minimum absolute atomic E-state index is 0.123. The van der Waals surface area contributed by atoms with Gasteiger partial charge in [0.2, 0.25) is 5.91 Å². The molecule has 0 saturated carbocycles. The molecule has 1 fully saturated rings. The van der Waals surface area contributed by atoms with Gasteiger partial charge in [0.15, 0.2) is 0 Å². The summed E-state index contributed by atoms with van der Waals surface area (Å²) < 4.78 is 0. The lowest BCUT2D eigenvalue weighted by molar-refractivity contribution is -0.130. The number of rotatable bonds is 7. The highest BCUT2D eigenvalue weighted by Crippen LogP contribution is 2.21. The van der Waals surface area contributed by atoms with E-state index in [2.05, 4.69) is 0 Å². The number of benzene rings is 2. The van der Waals surface area contributed by atoms with Crippen molar-refractivity contribution in [3.05, 3.63) is 71.3 Å². The van der Waals surface area contributed by atoms with Crippen molar-refractivity contribution in [3.8, 4) is 0 Å². The standard InChI is InChI=1S/C24H32N4O2/c1-18-8-7-15-27(18)24(30)28(17-21-12-6-5-11-20(21)13-14-25)23(29)22(26)16-19-9-3-2-4-10-19/h2-6,9-12,18,22H,7-8,13-17,25-26H2,1H3/t18-,22-/m1/s1. The maximum atomic E-state index is 13.4. The molecule has 0 spiro atoms. The van der Waals surface area contributed by atoms with E-state index in [1.165, 1.54) is 4.90 Å². The fraction of sp³-hybridized carbons (Fsp3) is 0.417. The van der Waals surface area contributed by atoms with Crippen LogP contribution in [0.2, 0.25) is 0 Å². The largest absolute Gasteiger partial charge is 0.330 e. The molecular formula is C24H32N4O2. The minimum atomic E-state index is -0.782. The van der Waals surface area contributed by atoms with Gasteiger partial charge in [-0.25, -0.2) is 4.79 Å². The van der Waals surface area contributed by atoms with Crippen LogP contribution in [0.25, 0.3) is 0 Å². The van der Waals surface area contributed by atoms with Gasteiger partial charge in [-0.2, -0.15) is 0 Å². The number of carbonyl (C=O) groups excluding carboxylic acids is 2. The number of nitrogens with zero attached hydrogens (tertiary/aromatic N) is 2. The van der Waals surface area contributed by atoms with Crippen LogP contribution in [-0.2, 0) is 24.2 Å². The number of likely N-dealkylation sites (tertiary alicyclic amines) is 1. The molecule has 1 heterocycles. The van der Waals surface area contributed by atoms with Crippen LogP contribution in [0.1, 0.15) is 36.5 Å². The van der Waals surface area contributed by atoms with Crippen molar-refractivity contribution in [3.63, 3.8) is 0 Å². The third kappa shape index (κ3) is 5.26. The molecule has 2 atom stereocenters. The Balaban J connectivity index is 1.85. The molecule has 0 radical (unpaired) electrons. The maximum Gasteiger partial charge on any atom is 0.327 e. The molecule has 3 rings (SSSR count). The zero-order valence-electron chi connectivity index (χ0n) is 17.7. The molecular weight excluding hydrogens is 376 g/mol. The van der Waals surface area contributed by atoms with Crippen molar-refractivity contribution < 1.29 is 9.59 Å². The van der Waals surface area contributed by atoms with Crippen LogP contribution < -0.4 is 11.5 Å². The lowest BCUT2D eigenvalue weighted by Gasteiger charge is -2.31. The van der Waals surface area contributed by atoms with Crippen molar-refractivity contribution in [2.75, 3.05) is 13.1 Å². The minimum Gasteiger partial charge on any atom is -0.330 e. The molecule has 0 aliphatic carbocycles. The Morgan fingerprint density at radius 3 is 2.40 bits per heavy atom. The first-order valence-electron chi connectivity index (χ1n) is 10.7. The van der Waals surface area contributed by atoms with E-state index in [1.54, 1.807) is 4.90 Å². The second-order valence-electron chi connectivity index (χ2n) is 8.00. The van der Waals surface area contributed by atoms with E-state index in [9.17, 15) is 9.59 Å². The summed E-state index contributed by atoms with van der Waals surface area (Å²) in [6, 6.07) is 16.6. The zero-order valence-corrected chi connectivity index (χ0v) is 17.7. The van der Waals surface area contributed by atoms with Crippen molar-refractivity contribution in [1.29, 1.82) is 0 Å². The van der Waals surface area contributed by atoms with Crippen molar-refractivity contribution in [1.82, 2.24) is 9.80 Å². The third-order valence-electron chi connectivity index (χ3n) is 5.77. The summed E-state index contributed by atoms with van der Waals surface area (Å²) in [4.78, 5) is 29.9. The van der Waals surface area contributed by atoms with Gasteiger partial charge in [-0.1, -0.05) is 54.6 Å². The van der Waals surface area contributed by atoms with Crippen LogP contribution in [0.5, 0.6) is 0 Å².